The molecule has 3 rings (SSSR count). The van der Waals surface area contributed by atoms with Gasteiger partial charge in [-0.15, -0.1) is 0 Å². The van der Waals surface area contributed by atoms with Crippen LogP contribution in [0.1, 0.15) is 51.0 Å². The quantitative estimate of drug-likeness (QED) is 0.621. The first-order chi connectivity index (χ1) is 13.6. The molecule has 0 saturated carbocycles. The summed E-state index contributed by atoms with van der Waals surface area (Å²) >= 11 is 0. The van der Waals surface area contributed by atoms with Crippen LogP contribution in [0.5, 0.6) is 0 Å². The molecule has 1 amide bonds. The van der Waals surface area contributed by atoms with E-state index < -0.39 is 0 Å². The van der Waals surface area contributed by atoms with Gasteiger partial charge in [-0.3, -0.25) is 14.2 Å². The van der Waals surface area contributed by atoms with E-state index in [9.17, 15) is 9.59 Å². The first kappa shape index (κ1) is 19.8. The molecule has 5 heteroatoms. The number of carbonyl (C=O) groups excluding carboxylic acids is 1. The van der Waals surface area contributed by atoms with Crippen LogP contribution in [-0.2, 0) is 11.3 Å². The van der Waals surface area contributed by atoms with E-state index in [4.69, 9.17) is 4.98 Å². The third-order valence-corrected chi connectivity index (χ3v) is 5.00. The Balaban J connectivity index is 2.17. The third kappa shape index (κ3) is 3.98. The molecule has 0 saturated heterocycles. The summed E-state index contributed by atoms with van der Waals surface area (Å²) < 4.78 is 1.72. The topological polar surface area (TPSA) is 55.2 Å². The highest BCUT2D eigenvalue weighted by Crippen LogP contribution is 2.22. The lowest BCUT2D eigenvalue weighted by molar-refractivity contribution is -0.133. The molecule has 0 fully saturated rings. The monoisotopic (exact) mass is 377 g/mol. The van der Waals surface area contributed by atoms with Crippen LogP contribution in [-0.4, -0.2) is 26.9 Å². The van der Waals surface area contributed by atoms with Gasteiger partial charge in [0.15, 0.2) is 0 Å². The van der Waals surface area contributed by atoms with E-state index in [1.807, 2.05) is 80.3 Å². The number of rotatable bonds is 7. The summed E-state index contributed by atoms with van der Waals surface area (Å²) in [5.74, 6) is 0.700. The summed E-state index contributed by atoms with van der Waals surface area (Å²) in [6, 6.07) is 17.0. The lowest BCUT2D eigenvalue weighted by Crippen LogP contribution is -2.38. The molecule has 0 aliphatic heterocycles. The highest BCUT2D eigenvalue weighted by Gasteiger charge is 2.24. The molecule has 3 aromatic rings. The molecule has 0 aliphatic rings. The Morgan fingerprint density at radius 3 is 2.43 bits per heavy atom. The van der Waals surface area contributed by atoms with Crippen LogP contribution in [0.3, 0.4) is 0 Å². The second-order valence-electron chi connectivity index (χ2n) is 6.98. The molecular formula is C23H27N3O2. The molecule has 0 N–H and O–H groups in total. The molecule has 0 bridgehead atoms. The van der Waals surface area contributed by atoms with Gasteiger partial charge >= 0.3 is 0 Å². The van der Waals surface area contributed by atoms with Gasteiger partial charge in [-0.1, -0.05) is 56.3 Å². The first-order valence-corrected chi connectivity index (χ1v) is 9.89. The molecule has 1 aromatic heterocycles. The van der Waals surface area contributed by atoms with Gasteiger partial charge in [0.05, 0.1) is 23.5 Å². The van der Waals surface area contributed by atoms with Gasteiger partial charge in [0, 0.05) is 13.0 Å². The van der Waals surface area contributed by atoms with E-state index in [2.05, 4.69) is 0 Å². The molecule has 1 heterocycles. The van der Waals surface area contributed by atoms with Crippen LogP contribution >= 0.6 is 0 Å². The van der Waals surface area contributed by atoms with Crippen molar-refractivity contribution < 1.29 is 4.79 Å². The summed E-state index contributed by atoms with van der Waals surface area (Å²) in [4.78, 5) is 32.5. The van der Waals surface area contributed by atoms with Crippen molar-refractivity contribution in [1.29, 1.82) is 0 Å². The largest absolute Gasteiger partial charge is 0.333 e. The predicted molar refractivity (Wildman–Crippen MR) is 112 cm³/mol. The minimum atomic E-state index is -0.284. The maximum atomic E-state index is 13.3. The van der Waals surface area contributed by atoms with Crippen molar-refractivity contribution in [2.75, 3.05) is 6.54 Å². The van der Waals surface area contributed by atoms with Crippen LogP contribution in [0.2, 0.25) is 0 Å². The number of amides is 1. The molecular weight excluding hydrogens is 350 g/mol. The summed E-state index contributed by atoms with van der Waals surface area (Å²) in [6.07, 6.45) is 1.29. The number of aromatic nitrogens is 2. The average molecular weight is 377 g/mol. The zero-order valence-corrected chi connectivity index (χ0v) is 16.8. The second kappa shape index (κ2) is 8.83. The standard InChI is InChI=1S/C23H27N3O2/c1-4-15-25(21(27)5-2)17(3)22-24-20-14-10-9-13-19(20)23(28)26(22)16-18-11-7-6-8-12-18/h6-14,17H,4-5,15-16H2,1-3H3. The van der Waals surface area contributed by atoms with Gasteiger partial charge < -0.3 is 4.90 Å². The lowest BCUT2D eigenvalue weighted by atomic mass is 10.1. The Hall–Kier alpha value is -2.95. The molecule has 28 heavy (non-hydrogen) atoms. The van der Waals surface area contributed by atoms with Crippen LogP contribution < -0.4 is 5.56 Å². The van der Waals surface area contributed by atoms with Crippen molar-refractivity contribution in [3.8, 4) is 0 Å². The van der Waals surface area contributed by atoms with Gasteiger partial charge in [0.25, 0.3) is 5.56 Å². The van der Waals surface area contributed by atoms with Crippen LogP contribution in [0.4, 0.5) is 0 Å². The van der Waals surface area contributed by atoms with Crippen LogP contribution in [0.15, 0.2) is 59.4 Å². The summed E-state index contributed by atoms with van der Waals surface area (Å²) in [7, 11) is 0. The molecule has 2 aromatic carbocycles. The average Bonchev–Trinajstić information content (AvgIpc) is 2.73. The normalized spacial score (nSPS) is 12.1. The minimum absolute atomic E-state index is 0.0722. The Kier molecular flexibility index (Phi) is 6.24. The van der Waals surface area contributed by atoms with E-state index in [1.54, 1.807) is 4.57 Å². The highest BCUT2D eigenvalue weighted by atomic mass is 16.2. The molecule has 5 nitrogen and oxygen atoms in total. The predicted octanol–water partition coefficient (Wildman–Crippen LogP) is 4.15. The van der Waals surface area contributed by atoms with Gasteiger partial charge in [-0.25, -0.2) is 4.98 Å². The molecule has 0 aliphatic carbocycles. The van der Waals surface area contributed by atoms with Crippen molar-refractivity contribution in [2.24, 2.45) is 0 Å². The first-order valence-electron chi connectivity index (χ1n) is 9.89. The van der Waals surface area contributed by atoms with E-state index >= 15 is 0 Å². The summed E-state index contributed by atoms with van der Waals surface area (Å²) in [5.41, 5.74) is 1.62. The molecule has 0 spiro atoms. The fourth-order valence-electron chi connectivity index (χ4n) is 3.54. The molecule has 1 unspecified atom stereocenters. The van der Waals surface area contributed by atoms with Crippen LogP contribution in [0, 0.1) is 0 Å². The van der Waals surface area contributed by atoms with E-state index in [0.717, 1.165) is 12.0 Å². The zero-order valence-electron chi connectivity index (χ0n) is 16.8. The molecule has 0 radical (unpaired) electrons. The van der Waals surface area contributed by atoms with Crippen molar-refractivity contribution in [3.05, 3.63) is 76.3 Å². The van der Waals surface area contributed by atoms with Gasteiger partial charge in [0.1, 0.15) is 5.82 Å². The minimum Gasteiger partial charge on any atom is -0.333 e. The zero-order chi connectivity index (χ0) is 20.1. The summed E-state index contributed by atoms with van der Waals surface area (Å²) in [5, 5.41) is 0.596. The smallest absolute Gasteiger partial charge is 0.261 e. The molecule has 146 valence electrons. The Morgan fingerprint density at radius 2 is 1.75 bits per heavy atom. The Morgan fingerprint density at radius 1 is 1.07 bits per heavy atom. The van der Waals surface area contributed by atoms with Crippen molar-refractivity contribution in [1.82, 2.24) is 14.5 Å². The number of hydrogen-bond donors (Lipinski definition) is 0. The van der Waals surface area contributed by atoms with Gasteiger partial charge in [0.2, 0.25) is 5.91 Å². The molecule has 1 atom stereocenters. The third-order valence-electron chi connectivity index (χ3n) is 5.00. The van der Waals surface area contributed by atoms with Gasteiger partial charge in [-0.2, -0.15) is 0 Å². The van der Waals surface area contributed by atoms with Crippen molar-refractivity contribution in [2.45, 2.75) is 46.2 Å². The number of nitrogens with zero attached hydrogens (tertiary/aromatic N) is 3. The van der Waals surface area contributed by atoms with Crippen LogP contribution in [0.25, 0.3) is 10.9 Å². The van der Waals surface area contributed by atoms with E-state index in [1.165, 1.54) is 0 Å². The second-order valence-corrected chi connectivity index (χ2v) is 6.98. The van der Waals surface area contributed by atoms with E-state index in [0.29, 0.717) is 36.2 Å². The number of fused-ring (bicyclic) bond motifs is 1. The number of hydrogen-bond acceptors (Lipinski definition) is 3. The SMILES string of the molecule is CCCN(C(=O)CC)C(C)c1nc2ccccc2c(=O)n1Cc1ccccc1. The summed E-state index contributed by atoms with van der Waals surface area (Å²) in [6.45, 7) is 6.94. The Labute approximate surface area is 165 Å². The maximum absolute atomic E-state index is 13.3. The van der Waals surface area contributed by atoms with Crippen molar-refractivity contribution in [3.63, 3.8) is 0 Å². The maximum Gasteiger partial charge on any atom is 0.261 e. The fourth-order valence-corrected chi connectivity index (χ4v) is 3.54. The fraction of sp³-hybridized carbons (Fsp3) is 0.348. The number of benzene rings is 2. The Bertz CT molecular complexity index is 1010. The number of para-hydroxylation sites is 1. The highest BCUT2D eigenvalue weighted by molar-refractivity contribution is 5.78. The van der Waals surface area contributed by atoms with E-state index in [-0.39, 0.29) is 17.5 Å². The van der Waals surface area contributed by atoms with Crippen molar-refractivity contribution >= 4 is 16.8 Å². The lowest BCUT2D eigenvalue weighted by Gasteiger charge is -2.30. The van der Waals surface area contributed by atoms with Gasteiger partial charge in [-0.05, 0) is 31.0 Å². The number of carbonyl (C=O) groups is 1.